The number of aliphatic hydroxyl groups is 1. The van der Waals surface area contributed by atoms with Gasteiger partial charge in [0, 0.05) is 0 Å². The van der Waals surface area contributed by atoms with Crippen LogP contribution in [0, 0.1) is 0 Å². The summed E-state index contributed by atoms with van der Waals surface area (Å²) in [5.41, 5.74) is -2.18. The first kappa shape index (κ1) is 17.2. The normalized spacial score (nSPS) is 11.7. The average molecular weight is 371 g/mol. The minimum atomic E-state index is -4.69. The first-order valence-electron chi connectivity index (χ1n) is 6.93. The molecule has 0 fully saturated rings. The standard InChI is InChI=1S/C15H10ClF3N4O2/c16-9-3-1-2-4-10(9)23-13-8(12(20-7-24)22-14(23)25)5-6-11(21-13)15(17,18)19/h1-6,24H,7H2,(H,20,22,25). The summed E-state index contributed by atoms with van der Waals surface area (Å²) in [7, 11) is 0. The van der Waals surface area contributed by atoms with Gasteiger partial charge in [-0.1, -0.05) is 23.7 Å². The van der Waals surface area contributed by atoms with Gasteiger partial charge < -0.3 is 10.4 Å². The molecule has 130 valence electrons. The van der Waals surface area contributed by atoms with Crippen LogP contribution in [-0.4, -0.2) is 26.4 Å². The van der Waals surface area contributed by atoms with E-state index in [2.05, 4.69) is 15.3 Å². The van der Waals surface area contributed by atoms with Gasteiger partial charge in [0.1, 0.15) is 18.2 Å². The fourth-order valence-electron chi connectivity index (χ4n) is 2.32. The monoisotopic (exact) mass is 370 g/mol. The zero-order chi connectivity index (χ0) is 18.2. The fraction of sp³-hybridized carbons (Fsp3) is 0.133. The first-order valence-corrected chi connectivity index (χ1v) is 7.31. The van der Waals surface area contributed by atoms with Crippen molar-refractivity contribution in [3.05, 3.63) is 57.6 Å². The van der Waals surface area contributed by atoms with Crippen molar-refractivity contribution in [1.82, 2.24) is 14.5 Å². The molecule has 2 aromatic heterocycles. The molecule has 1 aromatic carbocycles. The fourth-order valence-corrected chi connectivity index (χ4v) is 2.54. The van der Waals surface area contributed by atoms with Crippen LogP contribution in [0.4, 0.5) is 19.0 Å². The van der Waals surface area contributed by atoms with Crippen LogP contribution in [0.3, 0.4) is 0 Å². The molecule has 2 heterocycles. The summed E-state index contributed by atoms with van der Waals surface area (Å²) in [6, 6.07) is 8.04. The number of alkyl halides is 3. The SMILES string of the molecule is O=c1nc(NCO)c2ccc(C(F)(F)F)nc2n1-c1ccccc1Cl. The summed E-state index contributed by atoms with van der Waals surface area (Å²) < 4.78 is 40.0. The summed E-state index contributed by atoms with van der Waals surface area (Å²) in [6.07, 6.45) is -4.69. The molecule has 0 saturated heterocycles. The smallest absolute Gasteiger partial charge is 0.377 e. The molecule has 10 heteroatoms. The quantitative estimate of drug-likeness (QED) is 0.693. The van der Waals surface area contributed by atoms with E-state index in [-0.39, 0.29) is 27.6 Å². The third kappa shape index (κ3) is 3.15. The molecular formula is C15H10ClF3N4O2. The van der Waals surface area contributed by atoms with E-state index in [9.17, 15) is 18.0 Å². The number of benzene rings is 1. The molecule has 0 atom stereocenters. The minimum absolute atomic E-state index is 0.0768. The lowest BCUT2D eigenvalue weighted by Crippen LogP contribution is -2.25. The van der Waals surface area contributed by atoms with Gasteiger partial charge in [0.25, 0.3) is 0 Å². The molecule has 0 saturated carbocycles. The van der Waals surface area contributed by atoms with Gasteiger partial charge in [-0.15, -0.1) is 0 Å². The zero-order valence-corrected chi connectivity index (χ0v) is 13.1. The third-order valence-electron chi connectivity index (χ3n) is 3.37. The number of hydrogen-bond acceptors (Lipinski definition) is 5. The van der Waals surface area contributed by atoms with Crippen LogP contribution < -0.4 is 11.0 Å². The highest BCUT2D eigenvalue weighted by atomic mass is 35.5. The second-order valence-corrected chi connectivity index (χ2v) is 5.34. The van der Waals surface area contributed by atoms with Crippen molar-refractivity contribution in [2.75, 3.05) is 12.0 Å². The molecule has 3 aromatic rings. The maximum absolute atomic E-state index is 13.0. The molecule has 0 aliphatic rings. The Morgan fingerprint density at radius 3 is 2.52 bits per heavy atom. The van der Waals surface area contributed by atoms with E-state index in [0.29, 0.717) is 0 Å². The number of rotatable bonds is 3. The van der Waals surface area contributed by atoms with Crippen molar-refractivity contribution in [2.45, 2.75) is 6.18 Å². The maximum atomic E-state index is 13.0. The number of anilines is 1. The lowest BCUT2D eigenvalue weighted by molar-refractivity contribution is -0.141. The molecule has 0 spiro atoms. The van der Waals surface area contributed by atoms with Gasteiger partial charge >= 0.3 is 11.9 Å². The largest absolute Gasteiger partial charge is 0.433 e. The number of pyridine rings is 1. The molecule has 6 nitrogen and oxygen atoms in total. The molecule has 0 unspecified atom stereocenters. The Labute approximate surface area is 143 Å². The van der Waals surface area contributed by atoms with E-state index in [0.717, 1.165) is 16.7 Å². The number of halogens is 4. The summed E-state index contributed by atoms with van der Waals surface area (Å²) in [5.74, 6) is -0.0768. The highest BCUT2D eigenvalue weighted by Crippen LogP contribution is 2.31. The van der Waals surface area contributed by atoms with Gasteiger partial charge in [-0.25, -0.2) is 14.3 Å². The van der Waals surface area contributed by atoms with Crippen LogP contribution in [0.25, 0.3) is 16.7 Å². The van der Waals surface area contributed by atoms with Gasteiger partial charge in [-0.05, 0) is 24.3 Å². The predicted octanol–water partition coefficient (Wildman–Crippen LogP) is 2.81. The van der Waals surface area contributed by atoms with Crippen LogP contribution in [0.2, 0.25) is 5.02 Å². The van der Waals surface area contributed by atoms with Crippen LogP contribution in [0.1, 0.15) is 5.69 Å². The Bertz CT molecular complexity index is 1000. The summed E-state index contributed by atoms with van der Waals surface area (Å²) >= 11 is 6.07. The number of nitrogens with one attached hydrogen (secondary N) is 1. The van der Waals surface area contributed by atoms with Crippen LogP contribution in [-0.2, 0) is 6.18 Å². The number of fused-ring (bicyclic) bond motifs is 1. The minimum Gasteiger partial charge on any atom is -0.377 e. The third-order valence-corrected chi connectivity index (χ3v) is 3.69. The Hall–Kier alpha value is -2.65. The molecule has 0 aliphatic carbocycles. The number of nitrogens with zero attached hydrogens (tertiary/aromatic N) is 3. The van der Waals surface area contributed by atoms with E-state index in [1.165, 1.54) is 12.1 Å². The van der Waals surface area contributed by atoms with Crippen LogP contribution >= 0.6 is 11.6 Å². The van der Waals surface area contributed by atoms with Crippen molar-refractivity contribution in [2.24, 2.45) is 0 Å². The summed E-state index contributed by atoms with van der Waals surface area (Å²) in [6.45, 7) is -0.557. The molecule has 25 heavy (non-hydrogen) atoms. The summed E-state index contributed by atoms with van der Waals surface area (Å²) in [5, 5.41) is 11.7. The molecule has 2 N–H and O–H groups in total. The lowest BCUT2D eigenvalue weighted by Gasteiger charge is -2.15. The van der Waals surface area contributed by atoms with Gasteiger partial charge in [0.2, 0.25) is 0 Å². The molecule has 0 bridgehead atoms. The highest BCUT2D eigenvalue weighted by Gasteiger charge is 2.33. The topological polar surface area (TPSA) is 80.0 Å². The number of aliphatic hydroxyl groups excluding tert-OH is 1. The van der Waals surface area contributed by atoms with Crippen LogP contribution in [0.5, 0.6) is 0 Å². The van der Waals surface area contributed by atoms with Gasteiger partial charge in [0.15, 0.2) is 5.65 Å². The van der Waals surface area contributed by atoms with Gasteiger partial charge in [-0.2, -0.15) is 18.2 Å². The first-order chi connectivity index (χ1) is 11.8. The van der Waals surface area contributed by atoms with Gasteiger partial charge in [0.05, 0.1) is 16.1 Å². The Morgan fingerprint density at radius 1 is 1.16 bits per heavy atom. The van der Waals surface area contributed by atoms with E-state index in [4.69, 9.17) is 16.7 Å². The van der Waals surface area contributed by atoms with E-state index >= 15 is 0 Å². The molecule has 0 radical (unpaired) electrons. The number of hydrogen-bond donors (Lipinski definition) is 2. The van der Waals surface area contributed by atoms with E-state index in [1.54, 1.807) is 12.1 Å². The second-order valence-electron chi connectivity index (χ2n) is 4.93. The van der Waals surface area contributed by atoms with Gasteiger partial charge in [-0.3, -0.25) is 0 Å². The second kappa shape index (κ2) is 6.34. The van der Waals surface area contributed by atoms with E-state index < -0.39 is 24.3 Å². The highest BCUT2D eigenvalue weighted by molar-refractivity contribution is 6.32. The van der Waals surface area contributed by atoms with Crippen molar-refractivity contribution >= 4 is 28.5 Å². The predicted molar refractivity (Wildman–Crippen MR) is 85.9 cm³/mol. The Balaban J connectivity index is 2.43. The number of para-hydroxylation sites is 1. The van der Waals surface area contributed by atoms with Crippen molar-refractivity contribution in [3.8, 4) is 5.69 Å². The Morgan fingerprint density at radius 2 is 1.88 bits per heavy atom. The summed E-state index contributed by atoms with van der Waals surface area (Å²) in [4.78, 5) is 19.7. The lowest BCUT2D eigenvalue weighted by atomic mass is 10.2. The van der Waals surface area contributed by atoms with E-state index in [1.807, 2.05) is 0 Å². The zero-order valence-electron chi connectivity index (χ0n) is 12.4. The van der Waals surface area contributed by atoms with Crippen molar-refractivity contribution < 1.29 is 18.3 Å². The average Bonchev–Trinajstić information content (AvgIpc) is 2.55. The van der Waals surface area contributed by atoms with Crippen molar-refractivity contribution in [3.63, 3.8) is 0 Å². The van der Waals surface area contributed by atoms with Crippen molar-refractivity contribution in [1.29, 1.82) is 0 Å². The molecule has 0 amide bonds. The van der Waals surface area contributed by atoms with Crippen LogP contribution in [0.15, 0.2) is 41.2 Å². The Kier molecular flexibility index (Phi) is 4.36. The molecular weight excluding hydrogens is 361 g/mol. The molecule has 0 aliphatic heterocycles. The maximum Gasteiger partial charge on any atom is 0.433 e. The number of aromatic nitrogens is 3. The molecule has 3 rings (SSSR count).